The van der Waals surface area contributed by atoms with Gasteiger partial charge in [-0.1, -0.05) is 13.0 Å². The number of likely N-dealkylation sites (tertiary alicyclic amines) is 1. The Morgan fingerprint density at radius 3 is 2.76 bits per heavy atom. The maximum absolute atomic E-state index is 12.7. The molecule has 2 unspecified atom stereocenters. The summed E-state index contributed by atoms with van der Waals surface area (Å²) >= 11 is 0. The maximum Gasteiger partial charge on any atom is 0.254 e. The van der Waals surface area contributed by atoms with E-state index in [9.17, 15) is 4.79 Å². The number of piperazine rings is 1. The molecular formula is C18H24N2O. The Bertz CT molecular complexity index is 591. The number of hydrogen-bond acceptors (Lipinski definition) is 2. The van der Waals surface area contributed by atoms with E-state index in [-0.39, 0.29) is 5.91 Å². The molecule has 21 heavy (non-hydrogen) atoms. The zero-order chi connectivity index (χ0) is 14.6. The molecule has 2 saturated heterocycles. The first-order valence-electron chi connectivity index (χ1n) is 8.28. The van der Waals surface area contributed by atoms with Crippen LogP contribution >= 0.6 is 0 Å². The van der Waals surface area contributed by atoms with E-state index < -0.39 is 0 Å². The monoisotopic (exact) mass is 284 g/mol. The summed E-state index contributed by atoms with van der Waals surface area (Å²) in [6, 6.07) is 7.32. The van der Waals surface area contributed by atoms with Crippen molar-refractivity contribution in [2.24, 2.45) is 0 Å². The van der Waals surface area contributed by atoms with Gasteiger partial charge < -0.3 is 10.2 Å². The predicted molar refractivity (Wildman–Crippen MR) is 83.6 cm³/mol. The van der Waals surface area contributed by atoms with Crippen molar-refractivity contribution in [1.29, 1.82) is 0 Å². The lowest BCUT2D eigenvalue weighted by Crippen LogP contribution is -2.46. The molecule has 3 aliphatic rings. The van der Waals surface area contributed by atoms with Gasteiger partial charge in [-0.25, -0.2) is 0 Å². The molecule has 1 N–H and O–H groups in total. The summed E-state index contributed by atoms with van der Waals surface area (Å²) in [6.45, 7) is 6.29. The number of hydrogen-bond donors (Lipinski definition) is 1. The average molecular weight is 284 g/mol. The first kappa shape index (κ1) is 13.3. The minimum atomic E-state index is 0.222. The molecule has 1 aliphatic carbocycles. The molecule has 2 heterocycles. The number of nitrogens with zero attached hydrogens (tertiary/aromatic N) is 1. The average Bonchev–Trinajstić information content (AvgIpc) is 2.99. The second-order valence-electron chi connectivity index (χ2n) is 7.12. The lowest BCUT2D eigenvalue weighted by molar-refractivity contribution is 0.0716. The summed E-state index contributed by atoms with van der Waals surface area (Å²) in [6.07, 6.45) is 4.95. The van der Waals surface area contributed by atoms with Gasteiger partial charge in [0.2, 0.25) is 0 Å². The van der Waals surface area contributed by atoms with E-state index in [4.69, 9.17) is 0 Å². The third kappa shape index (κ3) is 2.02. The fraction of sp³-hybridized carbons (Fsp3) is 0.611. The van der Waals surface area contributed by atoms with Gasteiger partial charge in [0.05, 0.1) is 0 Å². The molecule has 1 aromatic rings. The lowest BCUT2D eigenvalue weighted by Gasteiger charge is -2.28. The van der Waals surface area contributed by atoms with E-state index in [1.807, 2.05) is 0 Å². The van der Waals surface area contributed by atoms with E-state index in [2.05, 4.69) is 42.3 Å². The van der Waals surface area contributed by atoms with Crippen molar-refractivity contribution in [3.63, 3.8) is 0 Å². The summed E-state index contributed by atoms with van der Waals surface area (Å²) in [5.41, 5.74) is 4.05. The van der Waals surface area contributed by atoms with Crippen LogP contribution in [0.2, 0.25) is 0 Å². The zero-order valence-electron chi connectivity index (χ0n) is 13.0. The van der Waals surface area contributed by atoms with Gasteiger partial charge in [-0.05, 0) is 61.3 Å². The molecule has 1 amide bonds. The number of benzene rings is 1. The number of nitrogens with one attached hydrogen (secondary N) is 1. The van der Waals surface area contributed by atoms with Crippen molar-refractivity contribution >= 4 is 5.91 Å². The minimum Gasteiger partial charge on any atom is -0.333 e. The number of fused-ring (bicyclic) bond motifs is 2. The third-order valence-electron chi connectivity index (χ3n) is 5.89. The second-order valence-corrected chi connectivity index (χ2v) is 7.12. The SMILES string of the molecule is CCC1(c2ccc(C(=O)N3CC4CC3CN4)cc2C)CC1. The van der Waals surface area contributed by atoms with Gasteiger partial charge in [0.1, 0.15) is 0 Å². The van der Waals surface area contributed by atoms with Crippen molar-refractivity contribution < 1.29 is 4.79 Å². The molecule has 2 bridgehead atoms. The molecule has 1 saturated carbocycles. The largest absolute Gasteiger partial charge is 0.333 e. The van der Waals surface area contributed by atoms with Crippen LogP contribution in [0.1, 0.15) is 54.1 Å². The van der Waals surface area contributed by atoms with Gasteiger partial charge in [-0.15, -0.1) is 0 Å². The Labute approximate surface area is 126 Å². The Morgan fingerprint density at radius 1 is 1.43 bits per heavy atom. The number of amides is 1. The first-order valence-corrected chi connectivity index (χ1v) is 8.28. The van der Waals surface area contributed by atoms with Crippen LogP contribution in [-0.2, 0) is 5.41 Å². The summed E-state index contributed by atoms with van der Waals surface area (Å²) in [5.74, 6) is 0.222. The molecule has 1 aromatic carbocycles. The summed E-state index contributed by atoms with van der Waals surface area (Å²) in [7, 11) is 0. The first-order chi connectivity index (χ1) is 10.1. The minimum absolute atomic E-state index is 0.222. The van der Waals surface area contributed by atoms with E-state index in [0.717, 1.165) is 25.1 Å². The molecule has 3 heteroatoms. The molecule has 112 valence electrons. The van der Waals surface area contributed by atoms with Gasteiger partial charge in [0, 0.05) is 30.7 Å². The molecule has 3 nitrogen and oxygen atoms in total. The van der Waals surface area contributed by atoms with Crippen molar-refractivity contribution in [3.8, 4) is 0 Å². The van der Waals surface area contributed by atoms with Crippen LogP contribution in [0.3, 0.4) is 0 Å². The number of rotatable bonds is 3. The van der Waals surface area contributed by atoms with Gasteiger partial charge in [-0.3, -0.25) is 4.79 Å². The Kier molecular flexibility index (Phi) is 2.90. The summed E-state index contributed by atoms with van der Waals surface area (Å²) in [5, 5.41) is 3.45. The Hall–Kier alpha value is -1.35. The number of carbonyl (C=O) groups excluding carboxylic acids is 1. The fourth-order valence-corrected chi connectivity index (χ4v) is 4.33. The highest BCUT2D eigenvalue weighted by molar-refractivity contribution is 5.95. The van der Waals surface area contributed by atoms with Crippen LogP contribution < -0.4 is 5.32 Å². The molecule has 2 atom stereocenters. The molecule has 0 spiro atoms. The molecule has 2 aliphatic heterocycles. The summed E-state index contributed by atoms with van der Waals surface area (Å²) < 4.78 is 0. The van der Waals surface area contributed by atoms with E-state index in [0.29, 0.717) is 17.5 Å². The Morgan fingerprint density at radius 2 is 2.24 bits per heavy atom. The van der Waals surface area contributed by atoms with Crippen LogP contribution in [0.15, 0.2) is 18.2 Å². The van der Waals surface area contributed by atoms with Crippen molar-refractivity contribution in [1.82, 2.24) is 10.2 Å². The summed E-state index contributed by atoms with van der Waals surface area (Å²) in [4.78, 5) is 14.8. The fourth-order valence-electron chi connectivity index (χ4n) is 4.33. The zero-order valence-corrected chi connectivity index (χ0v) is 13.0. The number of aryl methyl sites for hydroxylation is 1. The quantitative estimate of drug-likeness (QED) is 0.925. The van der Waals surface area contributed by atoms with Crippen LogP contribution in [0.4, 0.5) is 0 Å². The lowest BCUT2D eigenvalue weighted by atomic mass is 9.88. The molecule has 0 aromatic heterocycles. The Balaban J connectivity index is 1.59. The van der Waals surface area contributed by atoms with Crippen molar-refractivity contribution in [3.05, 3.63) is 34.9 Å². The maximum atomic E-state index is 12.7. The highest BCUT2D eigenvalue weighted by Gasteiger charge is 2.44. The van der Waals surface area contributed by atoms with Crippen molar-refractivity contribution in [2.75, 3.05) is 13.1 Å². The van der Waals surface area contributed by atoms with Crippen LogP contribution in [0.25, 0.3) is 0 Å². The molecule has 4 rings (SSSR count). The van der Waals surface area contributed by atoms with Gasteiger partial charge in [-0.2, -0.15) is 0 Å². The van der Waals surface area contributed by atoms with E-state index in [1.54, 1.807) is 0 Å². The van der Waals surface area contributed by atoms with E-state index in [1.165, 1.54) is 30.4 Å². The van der Waals surface area contributed by atoms with Gasteiger partial charge in [0.15, 0.2) is 0 Å². The van der Waals surface area contributed by atoms with Crippen LogP contribution in [0.5, 0.6) is 0 Å². The molecule has 0 radical (unpaired) electrons. The van der Waals surface area contributed by atoms with Crippen LogP contribution in [0, 0.1) is 6.92 Å². The molecule has 3 fully saturated rings. The smallest absolute Gasteiger partial charge is 0.254 e. The highest BCUT2D eigenvalue weighted by Crippen LogP contribution is 2.51. The number of carbonyl (C=O) groups is 1. The van der Waals surface area contributed by atoms with Crippen molar-refractivity contribution in [2.45, 2.75) is 57.0 Å². The van der Waals surface area contributed by atoms with E-state index >= 15 is 0 Å². The normalized spacial score (nSPS) is 29.0. The third-order valence-corrected chi connectivity index (χ3v) is 5.89. The van der Waals surface area contributed by atoms with Gasteiger partial charge in [0.25, 0.3) is 5.91 Å². The van der Waals surface area contributed by atoms with Crippen LogP contribution in [-0.4, -0.2) is 36.0 Å². The highest BCUT2D eigenvalue weighted by atomic mass is 16.2. The van der Waals surface area contributed by atoms with Gasteiger partial charge >= 0.3 is 0 Å². The molecular weight excluding hydrogens is 260 g/mol. The standard InChI is InChI=1S/C18H24N2O/c1-3-18(6-7-18)16-5-4-13(8-12(16)2)17(21)20-11-14-9-15(20)10-19-14/h4-5,8,14-15,19H,3,6-7,9-11H2,1-2H3. The predicted octanol–water partition coefficient (Wildman–Crippen LogP) is 2.62. The second kappa shape index (κ2) is 4.57. The topological polar surface area (TPSA) is 32.3 Å².